The van der Waals surface area contributed by atoms with Crippen LogP contribution in [-0.2, 0) is 11.3 Å². The first-order chi connectivity index (χ1) is 9.49. The van der Waals surface area contributed by atoms with Crippen molar-refractivity contribution >= 4 is 39.3 Å². The third-order valence-electron chi connectivity index (χ3n) is 3.76. The van der Waals surface area contributed by atoms with E-state index in [1.165, 1.54) is 4.90 Å². The Kier molecular flexibility index (Phi) is 4.70. The molecule has 0 saturated carbocycles. The Bertz CT molecular complexity index is 519. The van der Waals surface area contributed by atoms with Crippen LogP contribution in [0, 0.1) is 0 Å². The van der Waals surface area contributed by atoms with Crippen molar-refractivity contribution < 1.29 is 14.7 Å². The zero-order chi connectivity index (χ0) is 14.8. The Balaban J connectivity index is 2.02. The highest BCUT2D eigenvalue weighted by Crippen LogP contribution is 2.32. The first kappa shape index (κ1) is 15.3. The lowest BCUT2D eigenvalue weighted by Gasteiger charge is -2.33. The van der Waals surface area contributed by atoms with E-state index < -0.39 is 11.5 Å². The standard InChI is InChI=1S/C13H17BrN2O3S/c1-2-13(11(17)18)6-3-7-16(13)12(19)15-8-9-4-5-10(14)20-9/h4-5H,2-3,6-8H2,1H3,(H,15,19)(H,17,18). The van der Waals surface area contributed by atoms with Crippen LogP contribution in [0.3, 0.4) is 0 Å². The smallest absolute Gasteiger partial charge is 0.329 e. The average molecular weight is 361 g/mol. The van der Waals surface area contributed by atoms with Gasteiger partial charge in [0.05, 0.1) is 10.3 Å². The maximum absolute atomic E-state index is 12.2. The van der Waals surface area contributed by atoms with E-state index in [0.29, 0.717) is 25.9 Å². The van der Waals surface area contributed by atoms with Crippen LogP contribution in [-0.4, -0.2) is 34.1 Å². The number of urea groups is 1. The third-order valence-corrected chi connectivity index (χ3v) is 5.38. The van der Waals surface area contributed by atoms with E-state index in [4.69, 9.17) is 0 Å². The van der Waals surface area contributed by atoms with Crippen LogP contribution < -0.4 is 5.32 Å². The largest absolute Gasteiger partial charge is 0.479 e. The highest BCUT2D eigenvalue weighted by Gasteiger charge is 2.48. The number of amides is 2. The predicted molar refractivity (Wildman–Crippen MR) is 80.9 cm³/mol. The zero-order valence-corrected chi connectivity index (χ0v) is 13.6. The molecule has 7 heteroatoms. The van der Waals surface area contributed by atoms with Crippen LogP contribution in [0.4, 0.5) is 4.79 Å². The van der Waals surface area contributed by atoms with Gasteiger partial charge in [0.15, 0.2) is 0 Å². The van der Waals surface area contributed by atoms with E-state index in [-0.39, 0.29) is 6.03 Å². The van der Waals surface area contributed by atoms with Gasteiger partial charge in [-0.25, -0.2) is 9.59 Å². The third kappa shape index (κ3) is 2.83. The van der Waals surface area contributed by atoms with Gasteiger partial charge < -0.3 is 15.3 Å². The van der Waals surface area contributed by atoms with Gasteiger partial charge in [0, 0.05) is 11.4 Å². The van der Waals surface area contributed by atoms with E-state index in [2.05, 4.69) is 21.2 Å². The van der Waals surface area contributed by atoms with Crippen molar-refractivity contribution in [2.45, 2.75) is 38.3 Å². The number of carbonyl (C=O) groups excluding carboxylic acids is 1. The number of carboxylic acid groups (broad SMARTS) is 1. The molecule has 0 spiro atoms. The Morgan fingerprint density at radius 2 is 2.30 bits per heavy atom. The first-order valence-corrected chi connectivity index (χ1v) is 8.13. The van der Waals surface area contributed by atoms with Gasteiger partial charge in [0.1, 0.15) is 5.54 Å². The predicted octanol–water partition coefficient (Wildman–Crippen LogP) is 3.05. The molecule has 1 aliphatic rings. The summed E-state index contributed by atoms with van der Waals surface area (Å²) in [7, 11) is 0. The number of carbonyl (C=O) groups is 2. The number of nitrogens with one attached hydrogen (secondary N) is 1. The summed E-state index contributed by atoms with van der Waals surface area (Å²) in [5, 5.41) is 12.3. The van der Waals surface area contributed by atoms with Gasteiger partial charge in [-0.2, -0.15) is 0 Å². The van der Waals surface area contributed by atoms with E-state index in [0.717, 1.165) is 15.1 Å². The van der Waals surface area contributed by atoms with Gasteiger partial charge in [0.25, 0.3) is 0 Å². The van der Waals surface area contributed by atoms with Crippen LogP contribution >= 0.6 is 27.3 Å². The van der Waals surface area contributed by atoms with E-state index in [1.54, 1.807) is 11.3 Å². The maximum atomic E-state index is 12.2. The van der Waals surface area contributed by atoms with Crippen molar-refractivity contribution in [3.05, 3.63) is 20.8 Å². The van der Waals surface area contributed by atoms with Gasteiger partial charge in [-0.05, 0) is 47.3 Å². The molecule has 1 aromatic rings. The summed E-state index contributed by atoms with van der Waals surface area (Å²) in [5.74, 6) is -0.911. The number of rotatable bonds is 4. The fraction of sp³-hybridized carbons (Fsp3) is 0.538. The molecule has 1 aliphatic heterocycles. The summed E-state index contributed by atoms with van der Waals surface area (Å²) >= 11 is 4.92. The number of halogens is 1. The summed E-state index contributed by atoms with van der Waals surface area (Å²) in [6.45, 7) is 2.74. The second-order valence-corrected chi connectivity index (χ2v) is 7.36. The number of likely N-dealkylation sites (tertiary alicyclic amines) is 1. The van der Waals surface area contributed by atoms with Crippen molar-refractivity contribution in [1.82, 2.24) is 10.2 Å². The molecule has 2 rings (SSSR count). The van der Waals surface area contributed by atoms with Gasteiger partial charge in [0.2, 0.25) is 0 Å². The topological polar surface area (TPSA) is 69.6 Å². The molecular formula is C13H17BrN2O3S. The highest BCUT2D eigenvalue weighted by atomic mass is 79.9. The Hall–Kier alpha value is -1.08. The normalized spacial score (nSPS) is 22.0. The summed E-state index contributed by atoms with van der Waals surface area (Å²) < 4.78 is 1.01. The van der Waals surface area contributed by atoms with Crippen molar-refractivity contribution in [2.75, 3.05) is 6.54 Å². The minimum absolute atomic E-state index is 0.295. The molecule has 110 valence electrons. The lowest BCUT2D eigenvalue weighted by atomic mass is 9.93. The SMILES string of the molecule is CCC1(C(=O)O)CCCN1C(=O)NCc1ccc(Br)s1. The fourth-order valence-corrected chi connectivity index (χ4v) is 4.04. The molecule has 5 nitrogen and oxygen atoms in total. The lowest BCUT2D eigenvalue weighted by molar-refractivity contribution is -0.148. The zero-order valence-electron chi connectivity index (χ0n) is 11.2. The van der Waals surface area contributed by atoms with Crippen molar-refractivity contribution in [1.29, 1.82) is 0 Å². The second kappa shape index (κ2) is 6.13. The fourth-order valence-electron chi connectivity index (χ4n) is 2.62. The number of nitrogens with zero attached hydrogens (tertiary/aromatic N) is 1. The minimum atomic E-state index is -1.04. The molecule has 2 heterocycles. The van der Waals surface area contributed by atoms with Gasteiger partial charge in [-0.1, -0.05) is 6.92 Å². The van der Waals surface area contributed by atoms with E-state index in [9.17, 15) is 14.7 Å². The van der Waals surface area contributed by atoms with Crippen molar-refractivity contribution in [3.63, 3.8) is 0 Å². The summed E-state index contributed by atoms with van der Waals surface area (Å²) in [6.07, 6.45) is 1.69. The molecule has 1 aromatic heterocycles. The molecule has 1 atom stereocenters. The maximum Gasteiger partial charge on any atom is 0.329 e. The molecule has 0 bridgehead atoms. The Labute approximate surface area is 130 Å². The first-order valence-electron chi connectivity index (χ1n) is 6.52. The highest BCUT2D eigenvalue weighted by molar-refractivity contribution is 9.11. The number of hydrogen-bond donors (Lipinski definition) is 2. The summed E-state index contributed by atoms with van der Waals surface area (Å²) in [4.78, 5) is 26.3. The van der Waals surface area contributed by atoms with Crippen molar-refractivity contribution in [3.8, 4) is 0 Å². The molecule has 2 amide bonds. The molecule has 0 aromatic carbocycles. The molecule has 1 fully saturated rings. The quantitative estimate of drug-likeness (QED) is 0.866. The number of hydrogen-bond acceptors (Lipinski definition) is 3. The van der Waals surface area contributed by atoms with Crippen molar-refractivity contribution in [2.24, 2.45) is 0 Å². The number of aliphatic carboxylic acids is 1. The molecule has 0 radical (unpaired) electrons. The molecular weight excluding hydrogens is 344 g/mol. The second-order valence-electron chi connectivity index (χ2n) is 4.81. The monoisotopic (exact) mass is 360 g/mol. The minimum Gasteiger partial charge on any atom is -0.479 e. The van der Waals surface area contributed by atoms with E-state index in [1.807, 2.05) is 19.1 Å². The molecule has 2 N–H and O–H groups in total. The molecule has 1 saturated heterocycles. The Morgan fingerprint density at radius 3 is 2.85 bits per heavy atom. The summed E-state index contributed by atoms with van der Waals surface area (Å²) in [5.41, 5.74) is -1.04. The summed E-state index contributed by atoms with van der Waals surface area (Å²) in [6, 6.07) is 3.56. The van der Waals surface area contributed by atoms with Crippen LogP contribution in [0.25, 0.3) is 0 Å². The number of thiophene rings is 1. The Morgan fingerprint density at radius 1 is 1.55 bits per heavy atom. The van der Waals surface area contributed by atoms with Gasteiger partial charge in [-0.3, -0.25) is 0 Å². The molecule has 1 unspecified atom stereocenters. The van der Waals surface area contributed by atoms with Crippen LogP contribution in [0.1, 0.15) is 31.1 Å². The van der Waals surface area contributed by atoms with Crippen LogP contribution in [0.5, 0.6) is 0 Å². The molecule has 0 aliphatic carbocycles. The average Bonchev–Trinajstić information content (AvgIpc) is 3.02. The molecule has 20 heavy (non-hydrogen) atoms. The van der Waals surface area contributed by atoms with Gasteiger partial charge in [-0.15, -0.1) is 11.3 Å². The van der Waals surface area contributed by atoms with Gasteiger partial charge >= 0.3 is 12.0 Å². The lowest BCUT2D eigenvalue weighted by Crippen LogP contribution is -2.55. The number of carboxylic acids is 1. The van der Waals surface area contributed by atoms with E-state index >= 15 is 0 Å². The van der Waals surface area contributed by atoms with Crippen LogP contribution in [0.15, 0.2) is 15.9 Å². The van der Waals surface area contributed by atoms with Crippen LogP contribution in [0.2, 0.25) is 0 Å².